The van der Waals surface area contributed by atoms with E-state index in [2.05, 4.69) is 20.2 Å². The van der Waals surface area contributed by atoms with Crippen LogP contribution in [0, 0.1) is 0 Å². The van der Waals surface area contributed by atoms with Crippen molar-refractivity contribution < 1.29 is 14.3 Å². The minimum atomic E-state index is -0.621. The summed E-state index contributed by atoms with van der Waals surface area (Å²) in [4.78, 5) is 35.5. The molecule has 8 heteroatoms. The van der Waals surface area contributed by atoms with Crippen molar-refractivity contribution >= 4 is 11.8 Å². The molecule has 0 bridgehead atoms. The molecule has 2 amide bonds. The third-order valence-electron chi connectivity index (χ3n) is 4.51. The van der Waals surface area contributed by atoms with Gasteiger partial charge in [0.2, 0.25) is 5.88 Å². The number of imide groups is 1. The average molecular weight is 375 g/mol. The highest BCUT2D eigenvalue weighted by atomic mass is 16.5. The predicted molar refractivity (Wildman–Crippen MR) is 99.6 cm³/mol. The number of amides is 2. The van der Waals surface area contributed by atoms with Crippen LogP contribution in [0.15, 0.2) is 48.8 Å². The fraction of sp³-hybridized carbons (Fsp3) is 0.200. The zero-order chi connectivity index (χ0) is 19.7. The van der Waals surface area contributed by atoms with Gasteiger partial charge in [-0.1, -0.05) is 12.1 Å². The van der Waals surface area contributed by atoms with E-state index in [9.17, 15) is 9.59 Å². The van der Waals surface area contributed by atoms with Crippen molar-refractivity contribution in [2.75, 3.05) is 6.61 Å². The standard InChI is InChI=1S/C20H17N5O3/c1-3-28-16-9-8-15(23-24-16)18-17(21-10-11-22-18)12(2)25-19(26)13-6-4-5-7-14(13)20(25)27/h4-12H,3H2,1-2H3. The van der Waals surface area contributed by atoms with Crippen molar-refractivity contribution in [2.45, 2.75) is 19.9 Å². The number of ether oxygens (including phenoxy) is 1. The molecule has 3 heterocycles. The van der Waals surface area contributed by atoms with Crippen LogP contribution in [0.2, 0.25) is 0 Å². The van der Waals surface area contributed by atoms with E-state index < -0.39 is 6.04 Å². The van der Waals surface area contributed by atoms with E-state index in [1.165, 1.54) is 17.3 Å². The largest absolute Gasteiger partial charge is 0.477 e. The van der Waals surface area contributed by atoms with Crippen LogP contribution in [0.1, 0.15) is 46.3 Å². The van der Waals surface area contributed by atoms with E-state index in [-0.39, 0.29) is 11.8 Å². The molecule has 1 unspecified atom stereocenters. The molecule has 0 N–H and O–H groups in total. The van der Waals surface area contributed by atoms with Crippen LogP contribution < -0.4 is 4.74 Å². The van der Waals surface area contributed by atoms with Crippen LogP contribution in [0.5, 0.6) is 5.88 Å². The van der Waals surface area contributed by atoms with Crippen LogP contribution in [0.4, 0.5) is 0 Å². The summed E-state index contributed by atoms with van der Waals surface area (Å²) in [5, 5.41) is 8.17. The molecule has 1 aliphatic heterocycles. The summed E-state index contributed by atoms with van der Waals surface area (Å²) >= 11 is 0. The lowest BCUT2D eigenvalue weighted by molar-refractivity contribution is 0.0592. The lowest BCUT2D eigenvalue weighted by atomic mass is 10.1. The maximum atomic E-state index is 12.8. The Morgan fingerprint density at radius 3 is 2.25 bits per heavy atom. The maximum Gasteiger partial charge on any atom is 0.262 e. The number of rotatable bonds is 5. The van der Waals surface area contributed by atoms with Crippen molar-refractivity contribution in [3.63, 3.8) is 0 Å². The third kappa shape index (κ3) is 2.88. The third-order valence-corrected chi connectivity index (χ3v) is 4.51. The van der Waals surface area contributed by atoms with Gasteiger partial charge in [-0.05, 0) is 32.0 Å². The number of fused-ring (bicyclic) bond motifs is 1. The second-order valence-corrected chi connectivity index (χ2v) is 6.18. The molecular weight excluding hydrogens is 358 g/mol. The molecule has 140 valence electrons. The van der Waals surface area contributed by atoms with Gasteiger partial charge >= 0.3 is 0 Å². The summed E-state index contributed by atoms with van der Waals surface area (Å²) in [6.07, 6.45) is 3.06. The Morgan fingerprint density at radius 1 is 0.964 bits per heavy atom. The molecule has 0 saturated heterocycles. The summed E-state index contributed by atoms with van der Waals surface area (Å²) in [5.41, 5.74) is 2.20. The van der Waals surface area contributed by atoms with Gasteiger partial charge in [-0.15, -0.1) is 10.2 Å². The number of aromatic nitrogens is 4. The summed E-state index contributed by atoms with van der Waals surface area (Å²) in [6, 6.07) is 9.57. The number of carbonyl (C=O) groups is 2. The zero-order valence-corrected chi connectivity index (χ0v) is 15.4. The lowest BCUT2D eigenvalue weighted by Gasteiger charge is -2.23. The minimum absolute atomic E-state index is 0.345. The highest BCUT2D eigenvalue weighted by molar-refractivity contribution is 6.21. The average Bonchev–Trinajstić information content (AvgIpc) is 2.99. The van der Waals surface area contributed by atoms with Gasteiger partial charge in [-0.2, -0.15) is 0 Å². The van der Waals surface area contributed by atoms with Crippen LogP contribution in [0.25, 0.3) is 11.4 Å². The molecule has 1 aromatic carbocycles. The van der Waals surface area contributed by atoms with E-state index in [1.807, 2.05) is 6.92 Å². The van der Waals surface area contributed by atoms with Gasteiger partial charge in [0, 0.05) is 18.5 Å². The molecule has 2 aromatic heterocycles. The first kappa shape index (κ1) is 17.7. The van der Waals surface area contributed by atoms with Crippen LogP contribution in [-0.2, 0) is 0 Å². The van der Waals surface area contributed by atoms with Crippen molar-refractivity contribution in [1.82, 2.24) is 25.1 Å². The van der Waals surface area contributed by atoms with Crippen molar-refractivity contribution in [1.29, 1.82) is 0 Å². The van der Waals surface area contributed by atoms with Crippen LogP contribution >= 0.6 is 0 Å². The van der Waals surface area contributed by atoms with Gasteiger partial charge in [0.05, 0.1) is 29.5 Å². The molecule has 1 atom stereocenters. The van der Waals surface area contributed by atoms with Gasteiger partial charge < -0.3 is 4.74 Å². The van der Waals surface area contributed by atoms with Gasteiger partial charge in [0.1, 0.15) is 11.4 Å². The normalized spacial score (nSPS) is 14.1. The molecule has 0 radical (unpaired) electrons. The Hall–Kier alpha value is -3.68. The summed E-state index contributed by atoms with van der Waals surface area (Å²) in [6.45, 7) is 4.10. The zero-order valence-electron chi connectivity index (χ0n) is 15.4. The molecule has 4 rings (SSSR count). The van der Waals surface area contributed by atoms with Gasteiger partial charge in [-0.25, -0.2) is 0 Å². The number of carbonyl (C=O) groups excluding carboxylic acids is 2. The maximum absolute atomic E-state index is 12.8. The van der Waals surface area contributed by atoms with Crippen molar-refractivity contribution in [2.24, 2.45) is 0 Å². The molecular formula is C20H17N5O3. The van der Waals surface area contributed by atoms with Gasteiger partial charge in [0.15, 0.2) is 0 Å². The topological polar surface area (TPSA) is 98.2 Å². The number of benzene rings is 1. The van der Waals surface area contributed by atoms with E-state index in [0.717, 1.165) is 0 Å². The molecule has 0 aliphatic carbocycles. The Bertz CT molecular complexity index is 1020. The molecule has 0 saturated carbocycles. The van der Waals surface area contributed by atoms with Crippen molar-refractivity contribution in [3.05, 3.63) is 65.6 Å². The number of nitrogens with zero attached hydrogens (tertiary/aromatic N) is 5. The monoisotopic (exact) mass is 375 g/mol. The Morgan fingerprint density at radius 2 is 1.64 bits per heavy atom. The summed E-state index contributed by atoms with van der Waals surface area (Å²) < 4.78 is 5.31. The van der Waals surface area contributed by atoms with Crippen LogP contribution in [-0.4, -0.2) is 43.5 Å². The Balaban J connectivity index is 1.71. The fourth-order valence-corrected chi connectivity index (χ4v) is 3.20. The molecule has 0 spiro atoms. The first-order valence-corrected chi connectivity index (χ1v) is 8.86. The molecule has 28 heavy (non-hydrogen) atoms. The minimum Gasteiger partial charge on any atom is -0.477 e. The predicted octanol–water partition coefficient (Wildman–Crippen LogP) is 2.69. The summed E-state index contributed by atoms with van der Waals surface area (Å²) in [7, 11) is 0. The molecule has 3 aromatic rings. The first-order chi connectivity index (χ1) is 13.6. The second-order valence-electron chi connectivity index (χ2n) is 6.18. The lowest BCUT2D eigenvalue weighted by Crippen LogP contribution is -2.33. The van der Waals surface area contributed by atoms with E-state index in [1.54, 1.807) is 43.3 Å². The van der Waals surface area contributed by atoms with Gasteiger partial charge in [0.25, 0.3) is 11.8 Å². The second kappa shape index (κ2) is 7.15. The molecule has 0 fully saturated rings. The quantitative estimate of drug-likeness (QED) is 0.632. The van der Waals surface area contributed by atoms with E-state index in [0.29, 0.717) is 40.7 Å². The number of hydrogen-bond acceptors (Lipinski definition) is 7. The van der Waals surface area contributed by atoms with Crippen LogP contribution in [0.3, 0.4) is 0 Å². The van der Waals surface area contributed by atoms with Crippen molar-refractivity contribution in [3.8, 4) is 17.3 Å². The molecule has 1 aliphatic rings. The van der Waals surface area contributed by atoms with E-state index >= 15 is 0 Å². The SMILES string of the molecule is CCOc1ccc(-c2nccnc2C(C)N2C(=O)c3ccccc3C2=O)nn1. The molecule has 8 nitrogen and oxygen atoms in total. The summed E-state index contributed by atoms with van der Waals surface area (Å²) in [5.74, 6) is -0.282. The fourth-order valence-electron chi connectivity index (χ4n) is 3.20. The number of hydrogen-bond donors (Lipinski definition) is 0. The highest BCUT2D eigenvalue weighted by Crippen LogP contribution is 2.33. The van der Waals surface area contributed by atoms with Gasteiger partial charge in [-0.3, -0.25) is 24.5 Å². The Labute approximate surface area is 161 Å². The smallest absolute Gasteiger partial charge is 0.262 e. The first-order valence-electron chi connectivity index (χ1n) is 8.86. The Kier molecular flexibility index (Phi) is 4.52. The van der Waals surface area contributed by atoms with E-state index in [4.69, 9.17) is 4.74 Å². The highest BCUT2D eigenvalue weighted by Gasteiger charge is 2.40.